The van der Waals surface area contributed by atoms with Crippen molar-refractivity contribution in [1.82, 2.24) is 4.31 Å². The zero-order chi connectivity index (χ0) is 15.5. The Labute approximate surface area is 125 Å². The lowest BCUT2D eigenvalue weighted by Crippen LogP contribution is -2.43. The van der Waals surface area contributed by atoms with Crippen molar-refractivity contribution in [2.75, 3.05) is 31.8 Å². The van der Waals surface area contributed by atoms with Crippen LogP contribution in [0.5, 0.6) is 5.75 Å². The average Bonchev–Trinajstić information content (AvgIpc) is 2.46. The second kappa shape index (κ2) is 6.44. The first kappa shape index (κ1) is 15.8. The normalized spacial score (nSPS) is 20.0. The molecule has 1 N–H and O–H groups in total. The zero-order valence-electron chi connectivity index (χ0n) is 12.2. The minimum atomic E-state index is -3.24. The Morgan fingerprint density at radius 2 is 2.19 bits per heavy atom. The number of rotatable bonds is 4. The Morgan fingerprint density at radius 1 is 1.43 bits per heavy atom. The van der Waals surface area contributed by atoms with E-state index in [2.05, 4.69) is 5.32 Å². The van der Waals surface area contributed by atoms with Gasteiger partial charge in [-0.1, -0.05) is 6.07 Å². The maximum absolute atomic E-state index is 12.3. The number of nitrogens with one attached hydrogen (secondary N) is 1. The molecular formula is C14H20N2O4S. The van der Waals surface area contributed by atoms with E-state index in [4.69, 9.17) is 4.74 Å². The fourth-order valence-corrected chi connectivity index (χ4v) is 3.31. The molecule has 2 rings (SSSR count). The maximum Gasteiger partial charge on any atom is 0.228 e. The topological polar surface area (TPSA) is 75.7 Å². The highest BCUT2D eigenvalue weighted by Gasteiger charge is 2.30. The van der Waals surface area contributed by atoms with E-state index in [9.17, 15) is 13.2 Å². The van der Waals surface area contributed by atoms with Crippen LogP contribution in [0.25, 0.3) is 0 Å². The fourth-order valence-electron chi connectivity index (χ4n) is 2.40. The smallest absolute Gasteiger partial charge is 0.228 e. The first-order chi connectivity index (χ1) is 9.90. The molecule has 1 heterocycles. The van der Waals surface area contributed by atoms with Crippen LogP contribution in [0.1, 0.15) is 12.8 Å². The van der Waals surface area contributed by atoms with Crippen molar-refractivity contribution in [3.8, 4) is 5.75 Å². The van der Waals surface area contributed by atoms with Crippen LogP contribution in [-0.4, -0.2) is 45.1 Å². The molecule has 1 aliphatic rings. The quantitative estimate of drug-likeness (QED) is 0.909. The van der Waals surface area contributed by atoms with Gasteiger partial charge in [0, 0.05) is 24.8 Å². The monoisotopic (exact) mass is 312 g/mol. The molecule has 0 bridgehead atoms. The van der Waals surface area contributed by atoms with E-state index in [1.165, 1.54) is 10.6 Å². The number of hydrogen-bond donors (Lipinski definition) is 1. The minimum absolute atomic E-state index is 0.156. The number of piperidine rings is 1. The number of sulfonamides is 1. The summed E-state index contributed by atoms with van der Waals surface area (Å²) in [7, 11) is -1.68. The number of anilines is 1. The molecule has 1 aromatic carbocycles. The van der Waals surface area contributed by atoms with Crippen LogP contribution in [0.3, 0.4) is 0 Å². The highest BCUT2D eigenvalue weighted by molar-refractivity contribution is 7.88. The van der Waals surface area contributed by atoms with Crippen molar-refractivity contribution < 1.29 is 17.9 Å². The van der Waals surface area contributed by atoms with Gasteiger partial charge in [0.25, 0.3) is 0 Å². The molecule has 0 aliphatic carbocycles. The summed E-state index contributed by atoms with van der Waals surface area (Å²) in [6.07, 6.45) is 2.57. The predicted octanol–water partition coefficient (Wildman–Crippen LogP) is 1.31. The summed E-state index contributed by atoms with van der Waals surface area (Å²) in [5.41, 5.74) is 0.649. The van der Waals surface area contributed by atoms with Gasteiger partial charge in [0.1, 0.15) is 5.75 Å². The third-order valence-corrected chi connectivity index (χ3v) is 4.83. The third-order valence-electron chi connectivity index (χ3n) is 3.56. The number of benzene rings is 1. The largest absolute Gasteiger partial charge is 0.497 e. The first-order valence-corrected chi connectivity index (χ1v) is 8.65. The van der Waals surface area contributed by atoms with E-state index < -0.39 is 10.0 Å². The molecule has 1 atom stereocenters. The Kier molecular flexibility index (Phi) is 4.84. The van der Waals surface area contributed by atoms with Crippen molar-refractivity contribution in [3.05, 3.63) is 24.3 Å². The van der Waals surface area contributed by atoms with Gasteiger partial charge in [-0.05, 0) is 25.0 Å². The van der Waals surface area contributed by atoms with Crippen LogP contribution in [-0.2, 0) is 14.8 Å². The Morgan fingerprint density at radius 3 is 2.86 bits per heavy atom. The summed E-state index contributed by atoms with van der Waals surface area (Å²) in [6.45, 7) is 0.733. The molecule has 1 fully saturated rings. The molecule has 0 spiro atoms. The summed E-state index contributed by atoms with van der Waals surface area (Å²) in [5.74, 6) is 0.186. The van der Waals surface area contributed by atoms with Crippen LogP contribution in [0, 0.1) is 5.92 Å². The minimum Gasteiger partial charge on any atom is -0.497 e. The molecule has 21 heavy (non-hydrogen) atoms. The Bertz CT molecular complexity index is 615. The molecule has 0 radical (unpaired) electrons. The van der Waals surface area contributed by atoms with Crippen LogP contribution in [0.15, 0.2) is 24.3 Å². The molecule has 0 unspecified atom stereocenters. The summed E-state index contributed by atoms with van der Waals surface area (Å²) in [5, 5.41) is 2.82. The summed E-state index contributed by atoms with van der Waals surface area (Å²) < 4.78 is 29.6. The second-order valence-electron chi connectivity index (χ2n) is 5.18. The van der Waals surface area contributed by atoms with Crippen LogP contribution in [0.4, 0.5) is 5.69 Å². The number of hydrogen-bond acceptors (Lipinski definition) is 4. The van der Waals surface area contributed by atoms with Gasteiger partial charge < -0.3 is 10.1 Å². The summed E-state index contributed by atoms with van der Waals surface area (Å²) in [4.78, 5) is 12.3. The second-order valence-corrected chi connectivity index (χ2v) is 7.16. The lowest BCUT2D eigenvalue weighted by Gasteiger charge is -2.30. The number of methoxy groups -OCH3 is 1. The number of ether oxygens (including phenoxy) is 1. The predicted molar refractivity (Wildman–Crippen MR) is 80.8 cm³/mol. The molecule has 0 saturated carbocycles. The standard InChI is InChI=1S/C14H20N2O4S/c1-20-13-7-3-6-12(9-13)15-14(17)11-5-4-8-16(10-11)21(2,18)19/h3,6-7,9,11H,4-5,8,10H2,1-2H3,(H,15,17)/t11-/m1/s1. The van der Waals surface area contributed by atoms with Gasteiger partial charge in [0.15, 0.2) is 0 Å². The number of nitrogens with zero attached hydrogens (tertiary/aromatic N) is 1. The van der Waals surface area contributed by atoms with Gasteiger partial charge in [-0.15, -0.1) is 0 Å². The van der Waals surface area contributed by atoms with E-state index in [0.29, 0.717) is 30.8 Å². The molecule has 1 saturated heterocycles. The van der Waals surface area contributed by atoms with Crippen LogP contribution >= 0.6 is 0 Å². The lowest BCUT2D eigenvalue weighted by molar-refractivity contribution is -0.120. The first-order valence-electron chi connectivity index (χ1n) is 6.80. The van der Waals surface area contributed by atoms with Crippen molar-refractivity contribution >= 4 is 21.6 Å². The van der Waals surface area contributed by atoms with Gasteiger partial charge >= 0.3 is 0 Å². The summed E-state index contributed by atoms with van der Waals surface area (Å²) in [6, 6.07) is 7.09. The number of amides is 1. The Hall–Kier alpha value is -1.60. The number of carbonyl (C=O) groups is 1. The third kappa shape index (κ3) is 4.18. The average molecular weight is 312 g/mol. The van der Waals surface area contributed by atoms with Crippen LogP contribution < -0.4 is 10.1 Å². The van der Waals surface area contributed by atoms with Gasteiger partial charge in [-0.25, -0.2) is 12.7 Å². The molecule has 1 aliphatic heterocycles. The molecule has 1 amide bonds. The highest BCUT2D eigenvalue weighted by atomic mass is 32.2. The van der Waals surface area contributed by atoms with Crippen molar-refractivity contribution in [2.24, 2.45) is 5.92 Å². The number of carbonyl (C=O) groups excluding carboxylic acids is 1. The molecule has 6 nitrogen and oxygen atoms in total. The van der Waals surface area contributed by atoms with Crippen molar-refractivity contribution in [1.29, 1.82) is 0 Å². The Balaban J connectivity index is 2.02. The van der Waals surface area contributed by atoms with E-state index in [1.807, 2.05) is 0 Å². The molecule has 1 aromatic rings. The van der Waals surface area contributed by atoms with E-state index in [0.717, 1.165) is 0 Å². The summed E-state index contributed by atoms with van der Waals surface area (Å²) >= 11 is 0. The molecule has 0 aromatic heterocycles. The molecule has 7 heteroatoms. The van der Waals surface area contributed by atoms with Gasteiger partial charge in [0.05, 0.1) is 19.3 Å². The van der Waals surface area contributed by atoms with E-state index in [-0.39, 0.29) is 18.4 Å². The molecular weight excluding hydrogens is 292 g/mol. The SMILES string of the molecule is COc1cccc(NC(=O)[C@@H]2CCCN(S(C)(=O)=O)C2)c1. The lowest BCUT2D eigenvalue weighted by atomic mass is 9.98. The zero-order valence-corrected chi connectivity index (χ0v) is 13.0. The van der Waals surface area contributed by atoms with E-state index >= 15 is 0 Å². The van der Waals surface area contributed by atoms with Crippen molar-refractivity contribution in [2.45, 2.75) is 12.8 Å². The van der Waals surface area contributed by atoms with Crippen LogP contribution in [0.2, 0.25) is 0 Å². The molecule has 116 valence electrons. The van der Waals surface area contributed by atoms with Crippen molar-refractivity contribution in [3.63, 3.8) is 0 Å². The maximum atomic E-state index is 12.3. The van der Waals surface area contributed by atoms with Gasteiger partial charge in [-0.2, -0.15) is 0 Å². The van der Waals surface area contributed by atoms with Gasteiger partial charge in [0.2, 0.25) is 15.9 Å². The van der Waals surface area contributed by atoms with Gasteiger partial charge in [-0.3, -0.25) is 4.79 Å². The highest BCUT2D eigenvalue weighted by Crippen LogP contribution is 2.22. The fraction of sp³-hybridized carbons (Fsp3) is 0.500. The van der Waals surface area contributed by atoms with E-state index in [1.54, 1.807) is 31.4 Å².